The van der Waals surface area contributed by atoms with Gasteiger partial charge in [-0.2, -0.15) is 24.6 Å². The van der Waals surface area contributed by atoms with Gasteiger partial charge in [-0.15, -0.1) is 6.20 Å². The van der Waals surface area contributed by atoms with Crippen LogP contribution in [-0.2, 0) is 26.7 Å². The Kier molecular flexibility index (Phi) is 10.6. The zero-order valence-electron chi connectivity index (χ0n) is 5.90. The van der Waals surface area contributed by atoms with Crippen molar-refractivity contribution in [3.8, 4) is 0 Å². The van der Waals surface area contributed by atoms with E-state index in [1.807, 2.05) is 18.3 Å². The summed E-state index contributed by atoms with van der Waals surface area (Å²) in [6.07, 6.45) is 5.69. The third-order valence-electron chi connectivity index (χ3n) is 0.586. The molecule has 1 rings (SSSR count). The third-order valence-corrected chi connectivity index (χ3v) is 0.586. The molecule has 11 heavy (non-hydrogen) atoms. The van der Waals surface area contributed by atoms with Gasteiger partial charge in [0.2, 0.25) is 0 Å². The minimum absolute atomic E-state index is 0. The second-order valence-electron chi connectivity index (χ2n) is 1.47. The van der Waals surface area contributed by atoms with Gasteiger partial charge in [0.25, 0.3) is 0 Å². The molecular weight excluding hydrogens is 186 g/mol. The Hall–Kier alpha value is -0.861. The fourth-order valence-corrected chi connectivity index (χ4v) is 0.241. The summed E-state index contributed by atoms with van der Waals surface area (Å²) in [6.45, 7) is 1.16. The Balaban J connectivity index is 0. The largest absolute Gasteiger partial charge is 2.00 e. The fourth-order valence-electron chi connectivity index (χ4n) is 0.241. The Bertz CT molecular complexity index is 167. The Morgan fingerprint density at radius 2 is 2.18 bits per heavy atom. The van der Waals surface area contributed by atoms with Crippen LogP contribution < -0.4 is 0 Å². The number of ketones is 1. The van der Waals surface area contributed by atoms with Crippen LogP contribution in [0.4, 0.5) is 0 Å². The van der Waals surface area contributed by atoms with E-state index in [4.69, 9.17) is 4.79 Å². The zero-order valence-corrected chi connectivity index (χ0v) is 7.01. The van der Waals surface area contributed by atoms with Crippen LogP contribution in [0.3, 0.4) is 0 Å². The van der Waals surface area contributed by atoms with E-state index in [0.29, 0.717) is 0 Å². The standard InChI is InChI=1S/C4H4N.C3H3O2.Fe/c1-2-4-5-3-1;1-3(5)2-4;/h1-3,5H;1H3;/q2*-1;+2. The van der Waals surface area contributed by atoms with Crippen molar-refractivity contribution >= 4 is 12.1 Å². The Labute approximate surface area is 75.7 Å². The maximum Gasteiger partial charge on any atom is 2.00 e. The zero-order chi connectivity index (χ0) is 7.82. The smallest absolute Gasteiger partial charge is 0.534 e. The molecule has 0 fully saturated rings. The van der Waals surface area contributed by atoms with Gasteiger partial charge in [0.1, 0.15) is 0 Å². The van der Waals surface area contributed by atoms with Crippen molar-refractivity contribution in [2.45, 2.75) is 6.92 Å². The van der Waals surface area contributed by atoms with E-state index < -0.39 is 5.78 Å². The molecule has 60 valence electrons. The van der Waals surface area contributed by atoms with Crippen LogP contribution in [0.2, 0.25) is 0 Å². The van der Waals surface area contributed by atoms with Crippen molar-refractivity contribution in [1.82, 2.24) is 4.98 Å². The van der Waals surface area contributed by atoms with Crippen molar-refractivity contribution in [3.63, 3.8) is 0 Å². The van der Waals surface area contributed by atoms with E-state index in [9.17, 15) is 4.79 Å². The monoisotopic (exact) mass is 193 g/mol. The predicted octanol–water partition coefficient (Wildman–Crippen LogP) is 0.497. The third kappa shape index (κ3) is 12.4. The average Bonchev–Trinajstić information content (AvgIpc) is 2.43. The molecule has 0 aromatic carbocycles. The molecule has 0 spiro atoms. The molecule has 0 unspecified atom stereocenters. The number of carbonyl (C=O) groups is 1. The van der Waals surface area contributed by atoms with Gasteiger partial charge in [0.05, 0.1) is 0 Å². The minimum Gasteiger partial charge on any atom is -0.534 e. The van der Waals surface area contributed by atoms with Gasteiger partial charge in [-0.3, -0.25) is 0 Å². The number of aromatic nitrogens is 1. The van der Waals surface area contributed by atoms with Gasteiger partial charge < -0.3 is 14.6 Å². The molecule has 1 N–H and O–H groups in total. The summed E-state index contributed by atoms with van der Waals surface area (Å²) in [5.74, 6) is -0.551. The van der Waals surface area contributed by atoms with Gasteiger partial charge in [-0.1, -0.05) is 0 Å². The van der Waals surface area contributed by atoms with Crippen LogP contribution in [0.15, 0.2) is 18.3 Å². The number of aromatic amines is 1. The Morgan fingerprint density at radius 1 is 1.64 bits per heavy atom. The summed E-state index contributed by atoms with van der Waals surface area (Å²) in [4.78, 5) is 21.2. The maximum atomic E-state index is 9.39. The first-order chi connectivity index (χ1) is 4.77. The fraction of sp³-hybridized carbons (Fsp3) is 0.143. The van der Waals surface area contributed by atoms with Crippen LogP contribution in [0.5, 0.6) is 0 Å². The van der Waals surface area contributed by atoms with Crippen molar-refractivity contribution in [1.29, 1.82) is 0 Å². The van der Waals surface area contributed by atoms with Crippen molar-refractivity contribution < 1.29 is 26.7 Å². The number of hydrogen-bond acceptors (Lipinski definition) is 2. The summed E-state index contributed by atoms with van der Waals surface area (Å²) in [5.41, 5.74) is 0. The van der Waals surface area contributed by atoms with Crippen molar-refractivity contribution in [3.05, 3.63) is 24.5 Å². The van der Waals surface area contributed by atoms with E-state index >= 15 is 0 Å². The first kappa shape index (κ1) is 12.8. The van der Waals surface area contributed by atoms with Gasteiger partial charge >= 0.3 is 17.1 Å². The molecule has 1 aromatic rings. The number of carbonyl (C=O) groups excluding carboxylic acids is 2. The number of nitrogens with one attached hydrogen (secondary N) is 1. The molecule has 0 bridgehead atoms. The minimum atomic E-state index is -0.551. The molecule has 0 amide bonds. The van der Waals surface area contributed by atoms with Crippen LogP contribution in [0.25, 0.3) is 0 Å². The normalized spacial score (nSPS) is 6.64. The second-order valence-corrected chi connectivity index (χ2v) is 1.47. The van der Waals surface area contributed by atoms with E-state index in [0.717, 1.165) is 13.2 Å². The molecule has 0 saturated carbocycles. The van der Waals surface area contributed by atoms with E-state index in [1.165, 1.54) is 0 Å². The summed E-state index contributed by atoms with van der Waals surface area (Å²) in [5, 5.41) is 0. The van der Waals surface area contributed by atoms with Gasteiger partial charge in [0, 0.05) is 5.78 Å². The molecule has 4 heteroatoms. The van der Waals surface area contributed by atoms with Gasteiger partial charge in [0.15, 0.2) is 0 Å². The SMILES string of the molecule is CC(=O)[C-]=O.[Fe+2].[c-]1ccc[nH]1. The van der Waals surface area contributed by atoms with Crippen LogP contribution in [0, 0.1) is 6.20 Å². The van der Waals surface area contributed by atoms with E-state index in [-0.39, 0.29) is 17.1 Å². The Morgan fingerprint density at radius 3 is 2.27 bits per heavy atom. The number of H-pyrrole nitrogens is 1. The summed E-state index contributed by atoms with van der Waals surface area (Å²) < 4.78 is 0. The van der Waals surface area contributed by atoms with Crippen molar-refractivity contribution in [2.24, 2.45) is 0 Å². The topological polar surface area (TPSA) is 49.9 Å². The first-order valence-corrected chi connectivity index (χ1v) is 2.65. The number of rotatable bonds is 1. The quantitative estimate of drug-likeness (QED) is 0.401. The van der Waals surface area contributed by atoms with Crippen molar-refractivity contribution in [2.75, 3.05) is 0 Å². The van der Waals surface area contributed by atoms with Crippen LogP contribution >= 0.6 is 0 Å². The first-order valence-electron chi connectivity index (χ1n) is 2.65. The molecule has 0 radical (unpaired) electrons. The molecule has 0 aliphatic carbocycles. The molecule has 0 saturated heterocycles. The molecule has 3 nitrogen and oxygen atoms in total. The maximum absolute atomic E-state index is 9.39. The van der Waals surface area contributed by atoms with Crippen LogP contribution in [0.1, 0.15) is 6.92 Å². The number of Topliss-reactive ketones (excluding diaryl/α,β-unsaturated/α-hetero) is 1. The van der Waals surface area contributed by atoms with Gasteiger partial charge in [-0.25, -0.2) is 0 Å². The molecule has 0 atom stereocenters. The van der Waals surface area contributed by atoms with E-state index in [2.05, 4.69) is 11.2 Å². The summed E-state index contributed by atoms with van der Waals surface area (Å²) in [6, 6.07) is 3.71. The van der Waals surface area contributed by atoms with E-state index in [1.54, 1.807) is 0 Å². The van der Waals surface area contributed by atoms with Gasteiger partial charge in [-0.05, 0) is 6.92 Å². The molecule has 1 aromatic heterocycles. The molecule has 0 aliphatic rings. The molecule has 0 aliphatic heterocycles. The summed E-state index contributed by atoms with van der Waals surface area (Å²) >= 11 is 0. The van der Waals surface area contributed by atoms with Crippen LogP contribution in [-0.4, -0.2) is 17.1 Å². The molecular formula is C7H7FeNO2. The molecule has 1 heterocycles. The summed E-state index contributed by atoms with van der Waals surface area (Å²) in [7, 11) is 0. The average molecular weight is 193 g/mol. The second kappa shape index (κ2) is 9.14. The number of hydrogen-bond donors (Lipinski definition) is 1. The predicted molar refractivity (Wildman–Crippen MR) is 36.0 cm³/mol.